The van der Waals surface area contributed by atoms with Crippen molar-refractivity contribution in [2.75, 3.05) is 5.75 Å². The van der Waals surface area contributed by atoms with Gasteiger partial charge in [0.25, 0.3) is 5.69 Å². The number of thiazole rings is 1. The minimum Gasteiger partial charge on any atom is -0.293 e. The zero-order chi connectivity index (χ0) is 16.4. The highest BCUT2D eigenvalue weighted by molar-refractivity contribution is 8.01. The minimum absolute atomic E-state index is 0.000123. The first-order valence-electron chi connectivity index (χ1n) is 6.50. The van der Waals surface area contributed by atoms with Crippen LogP contribution in [0.1, 0.15) is 10.4 Å². The van der Waals surface area contributed by atoms with Crippen LogP contribution in [0.5, 0.6) is 0 Å². The summed E-state index contributed by atoms with van der Waals surface area (Å²) in [6.45, 7) is 0. The van der Waals surface area contributed by atoms with Crippen molar-refractivity contribution in [3.8, 4) is 0 Å². The lowest BCUT2D eigenvalue weighted by Gasteiger charge is -2.00. The molecule has 0 radical (unpaired) electrons. The third-order valence-corrected chi connectivity index (χ3v) is 5.23. The van der Waals surface area contributed by atoms with Gasteiger partial charge in [0.05, 0.1) is 26.5 Å². The van der Waals surface area contributed by atoms with Crippen LogP contribution in [-0.4, -0.2) is 21.4 Å². The fraction of sp³-hybridized carbons (Fsp3) is 0.0667. The van der Waals surface area contributed by atoms with Crippen molar-refractivity contribution in [1.82, 2.24) is 4.98 Å². The molecule has 0 saturated heterocycles. The van der Waals surface area contributed by atoms with Crippen molar-refractivity contribution in [1.29, 1.82) is 0 Å². The van der Waals surface area contributed by atoms with Gasteiger partial charge in [0.1, 0.15) is 5.82 Å². The molecule has 2 aromatic carbocycles. The van der Waals surface area contributed by atoms with Gasteiger partial charge in [0.2, 0.25) is 0 Å². The van der Waals surface area contributed by atoms with Crippen molar-refractivity contribution in [3.05, 3.63) is 64.0 Å². The normalized spacial score (nSPS) is 10.8. The lowest BCUT2D eigenvalue weighted by Crippen LogP contribution is -2.04. The van der Waals surface area contributed by atoms with Crippen LogP contribution in [-0.2, 0) is 0 Å². The Morgan fingerprint density at radius 1 is 1.30 bits per heavy atom. The maximum atomic E-state index is 13.5. The summed E-state index contributed by atoms with van der Waals surface area (Å²) in [5.74, 6) is -0.806. The van der Waals surface area contributed by atoms with Gasteiger partial charge < -0.3 is 0 Å². The molecule has 0 unspecified atom stereocenters. The number of nitrogens with zero attached hydrogens (tertiary/aromatic N) is 2. The molecule has 0 amide bonds. The van der Waals surface area contributed by atoms with E-state index in [9.17, 15) is 19.3 Å². The van der Waals surface area contributed by atoms with Crippen LogP contribution in [0, 0.1) is 15.9 Å². The Morgan fingerprint density at radius 3 is 2.83 bits per heavy atom. The number of thioether (sulfide) groups is 1. The number of hydrogen-bond donors (Lipinski definition) is 0. The molecule has 1 aromatic heterocycles. The smallest absolute Gasteiger partial charge is 0.270 e. The van der Waals surface area contributed by atoms with E-state index in [1.807, 2.05) is 0 Å². The third-order valence-electron chi connectivity index (χ3n) is 3.06. The van der Waals surface area contributed by atoms with Crippen LogP contribution in [0.3, 0.4) is 0 Å². The van der Waals surface area contributed by atoms with E-state index < -0.39 is 10.7 Å². The fourth-order valence-corrected chi connectivity index (χ4v) is 3.94. The number of rotatable bonds is 5. The summed E-state index contributed by atoms with van der Waals surface area (Å²) in [4.78, 5) is 26.6. The topological polar surface area (TPSA) is 73.1 Å². The molecule has 0 aliphatic carbocycles. The second-order valence-corrected chi connectivity index (χ2v) is 6.83. The van der Waals surface area contributed by atoms with Gasteiger partial charge in [0.15, 0.2) is 10.1 Å². The second kappa shape index (κ2) is 6.43. The Balaban J connectivity index is 1.76. The van der Waals surface area contributed by atoms with Crippen LogP contribution in [0.4, 0.5) is 10.1 Å². The SMILES string of the molecule is O=C(CSc1nc2ccc([N+](=O)[O-])cc2s1)c1ccccc1F. The lowest BCUT2D eigenvalue weighted by atomic mass is 10.1. The summed E-state index contributed by atoms with van der Waals surface area (Å²) in [5.41, 5.74) is 0.693. The van der Waals surface area contributed by atoms with Gasteiger partial charge in [-0.1, -0.05) is 23.9 Å². The van der Waals surface area contributed by atoms with E-state index in [4.69, 9.17) is 0 Å². The van der Waals surface area contributed by atoms with E-state index in [0.29, 0.717) is 14.6 Å². The Bertz CT molecular complexity index is 911. The summed E-state index contributed by atoms with van der Waals surface area (Å²) in [6, 6.07) is 10.2. The van der Waals surface area contributed by atoms with Crippen LogP contribution >= 0.6 is 23.1 Å². The lowest BCUT2D eigenvalue weighted by molar-refractivity contribution is -0.384. The predicted octanol–water partition coefficient (Wildman–Crippen LogP) is 4.32. The molecule has 116 valence electrons. The zero-order valence-corrected chi connectivity index (χ0v) is 13.2. The highest BCUT2D eigenvalue weighted by atomic mass is 32.2. The Hall–Kier alpha value is -2.32. The van der Waals surface area contributed by atoms with Gasteiger partial charge in [-0.05, 0) is 18.2 Å². The number of ketones is 1. The molecule has 0 aliphatic heterocycles. The molecule has 3 aromatic rings. The van der Waals surface area contributed by atoms with Crippen molar-refractivity contribution >= 4 is 44.8 Å². The van der Waals surface area contributed by atoms with Crippen LogP contribution in [0.2, 0.25) is 0 Å². The fourth-order valence-electron chi connectivity index (χ4n) is 1.96. The number of non-ortho nitro benzene ring substituents is 1. The standard InChI is InChI=1S/C15H9FN2O3S2/c16-11-4-2-1-3-10(11)13(19)8-22-15-17-12-6-5-9(18(20)21)7-14(12)23-15/h1-7H,8H2. The summed E-state index contributed by atoms with van der Waals surface area (Å²) in [7, 11) is 0. The van der Waals surface area contributed by atoms with Gasteiger partial charge in [-0.3, -0.25) is 14.9 Å². The molecule has 3 rings (SSSR count). The molecule has 0 fully saturated rings. The summed E-state index contributed by atoms with van der Waals surface area (Å²) in [6.07, 6.45) is 0. The molecule has 0 spiro atoms. The van der Waals surface area contributed by atoms with Gasteiger partial charge >= 0.3 is 0 Å². The molecule has 1 heterocycles. The monoisotopic (exact) mass is 348 g/mol. The first-order valence-corrected chi connectivity index (χ1v) is 8.30. The van der Waals surface area contributed by atoms with Crippen LogP contribution < -0.4 is 0 Å². The number of aromatic nitrogens is 1. The zero-order valence-electron chi connectivity index (χ0n) is 11.6. The van der Waals surface area contributed by atoms with E-state index in [1.165, 1.54) is 53.4 Å². The van der Waals surface area contributed by atoms with E-state index in [1.54, 1.807) is 12.1 Å². The largest absolute Gasteiger partial charge is 0.293 e. The maximum absolute atomic E-state index is 13.5. The molecule has 0 aliphatic rings. The quantitative estimate of drug-likeness (QED) is 0.297. The van der Waals surface area contributed by atoms with E-state index in [0.717, 1.165) is 0 Å². The van der Waals surface area contributed by atoms with Crippen molar-refractivity contribution in [2.45, 2.75) is 4.34 Å². The van der Waals surface area contributed by atoms with E-state index in [2.05, 4.69) is 4.98 Å². The number of fused-ring (bicyclic) bond motifs is 1. The second-order valence-electron chi connectivity index (χ2n) is 4.58. The predicted molar refractivity (Wildman–Crippen MR) is 87.7 cm³/mol. The van der Waals surface area contributed by atoms with Gasteiger partial charge in [-0.25, -0.2) is 9.37 Å². The Labute approximate surface area is 138 Å². The number of nitro groups is 1. The average molecular weight is 348 g/mol. The summed E-state index contributed by atoms with van der Waals surface area (Å²) in [5, 5.41) is 10.8. The van der Waals surface area contributed by atoms with Crippen molar-refractivity contribution in [2.24, 2.45) is 0 Å². The van der Waals surface area contributed by atoms with Crippen molar-refractivity contribution in [3.63, 3.8) is 0 Å². The molecule has 0 saturated carbocycles. The molecular weight excluding hydrogens is 339 g/mol. The maximum Gasteiger partial charge on any atom is 0.270 e. The number of Topliss-reactive ketones (excluding diaryl/α,β-unsaturated/α-hetero) is 1. The third kappa shape index (κ3) is 3.38. The number of carbonyl (C=O) groups excluding carboxylic acids is 1. The molecule has 0 atom stereocenters. The number of hydrogen-bond acceptors (Lipinski definition) is 6. The molecule has 8 heteroatoms. The van der Waals surface area contributed by atoms with E-state index >= 15 is 0 Å². The van der Waals surface area contributed by atoms with Crippen LogP contribution in [0.15, 0.2) is 46.8 Å². The molecule has 23 heavy (non-hydrogen) atoms. The highest BCUT2D eigenvalue weighted by Crippen LogP contribution is 2.32. The summed E-state index contributed by atoms with van der Waals surface area (Å²) < 4.78 is 14.8. The number of carbonyl (C=O) groups is 1. The van der Waals surface area contributed by atoms with Crippen molar-refractivity contribution < 1.29 is 14.1 Å². The van der Waals surface area contributed by atoms with Gasteiger partial charge in [-0.15, -0.1) is 11.3 Å². The van der Waals surface area contributed by atoms with Crippen LogP contribution in [0.25, 0.3) is 10.2 Å². The number of halogens is 1. The highest BCUT2D eigenvalue weighted by Gasteiger charge is 2.14. The molecule has 5 nitrogen and oxygen atoms in total. The summed E-state index contributed by atoms with van der Waals surface area (Å²) >= 11 is 2.47. The van der Waals surface area contributed by atoms with E-state index in [-0.39, 0.29) is 22.8 Å². The first kappa shape index (κ1) is 15.6. The number of nitro benzene ring substituents is 1. The Kier molecular flexibility index (Phi) is 4.35. The average Bonchev–Trinajstić information content (AvgIpc) is 2.95. The molecule has 0 bridgehead atoms. The van der Waals surface area contributed by atoms with Gasteiger partial charge in [0, 0.05) is 12.1 Å². The Morgan fingerprint density at radius 2 is 2.09 bits per heavy atom. The minimum atomic E-state index is -0.543. The van der Waals surface area contributed by atoms with Gasteiger partial charge in [-0.2, -0.15) is 0 Å². The molecule has 0 N–H and O–H groups in total. The first-order chi connectivity index (χ1) is 11.0. The number of benzene rings is 2. The molecular formula is C15H9FN2O3S2.